The monoisotopic (exact) mass is 346 g/mol. The third-order valence-electron chi connectivity index (χ3n) is 2.78. The van der Waals surface area contributed by atoms with Crippen LogP contribution in [0.3, 0.4) is 0 Å². The van der Waals surface area contributed by atoms with Crippen LogP contribution in [-0.2, 0) is 6.54 Å². The van der Waals surface area contributed by atoms with E-state index in [2.05, 4.69) is 21.0 Å². The number of hydrogen-bond donors (Lipinski definition) is 1. The molecule has 0 amide bonds. The Labute approximate surface area is 124 Å². The molecule has 3 nitrogen and oxygen atoms in total. The first-order valence-electron chi connectivity index (χ1n) is 5.88. The van der Waals surface area contributed by atoms with Gasteiger partial charge in [-0.1, -0.05) is 34.5 Å². The molecular weight excluding hydrogens is 335 g/mol. The molecule has 1 aromatic carbocycles. The van der Waals surface area contributed by atoms with E-state index in [4.69, 9.17) is 11.6 Å². The fraction of sp³-hybridized carbons (Fsp3) is 0.308. The minimum absolute atomic E-state index is 0.372. The van der Waals surface area contributed by atoms with Crippen molar-refractivity contribution in [1.82, 2.24) is 9.78 Å². The van der Waals surface area contributed by atoms with Crippen LogP contribution in [0.1, 0.15) is 30.7 Å². The molecule has 102 valence electrons. The lowest BCUT2D eigenvalue weighted by Gasteiger charge is -2.15. The maximum Gasteiger partial charge on any atom is 0.123 e. The number of rotatable bonds is 4. The molecule has 2 aromatic rings. The lowest BCUT2D eigenvalue weighted by Crippen LogP contribution is -2.11. The third-order valence-corrected chi connectivity index (χ3v) is 3.79. The first-order valence-corrected chi connectivity index (χ1v) is 7.06. The number of aromatic nitrogens is 2. The fourth-order valence-electron chi connectivity index (χ4n) is 1.91. The van der Waals surface area contributed by atoms with Crippen LogP contribution in [0.2, 0.25) is 5.02 Å². The first kappa shape index (κ1) is 14.5. The van der Waals surface area contributed by atoms with Gasteiger partial charge in [-0.15, -0.1) is 0 Å². The smallest absolute Gasteiger partial charge is 0.123 e. The van der Waals surface area contributed by atoms with Crippen molar-refractivity contribution in [3.63, 3.8) is 0 Å². The van der Waals surface area contributed by atoms with Gasteiger partial charge >= 0.3 is 0 Å². The van der Waals surface area contributed by atoms with Crippen molar-refractivity contribution in [2.75, 3.05) is 0 Å². The second kappa shape index (κ2) is 6.03. The maximum absolute atomic E-state index is 13.3. The zero-order valence-electron chi connectivity index (χ0n) is 10.3. The van der Waals surface area contributed by atoms with Crippen LogP contribution in [0, 0.1) is 5.82 Å². The van der Waals surface area contributed by atoms with Gasteiger partial charge < -0.3 is 5.11 Å². The second-order valence-electron chi connectivity index (χ2n) is 4.17. The Hall–Kier alpha value is -0.910. The van der Waals surface area contributed by atoms with Gasteiger partial charge in [0.1, 0.15) is 11.9 Å². The molecule has 0 aliphatic heterocycles. The van der Waals surface area contributed by atoms with Crippen LogP contribution in [0.4, 0.5) is 4.39 Å². The zero-order valence-corrected chi connectivity index (χ0v) is 12.6. The van der Waals surface area contributed by atoms with E-state index in [0.717, 1.165) is 6.42 Å². The van der Waals surface area contributed by atoms with E-state index in [9.17, 15) is 9.50 Å². The van der Waals surface area contributed by atoms with Crippen LogP contribution < -0.4 is 0 Å². The fourth-order valence-corrected chi connectivity index (χ4v) is 2.61. The summed E-state index contributed by atoms with van der Waals surface area (Å²) < 4.78 is 15.6. The summed E-state index contributed by atoms with van der Waals surface area (Å²) in [6, 6.07) is 4.17. The van der Waals surface area contributed by atoms with E-state index in [0.29, 0.717) is 27.3 Å². The van der Waals surface area contributed by atoms with Crippen LogP contribution in [0.15, 0.2) is 28.9 Å². The van der Waals surface area contributed by atoms with Gasteiger partial charge in [0.2, 0.25) is 0 Å². The van der Waals surface area contributed by atoms with Crippen molar-refractivity contribution in [2.24, 2.45) is 0 Å². The Kier molecular flexibility index (Phi) is 4.60. The molecular formula is C13H13BrClFN2O. The van der Waals surface area contributed by atoms with Gasteiger partial charge in [-0.25, -0.2) is 4.39 Å². The second-order valence-corrected chi connectivity index (χ2v) is 5.43. The molecule has 1 atom stereocenters. The molecule has 0 aliphatic rings. The van der Waals surface area contributed by atoms with Gasteiger partial charge in [0, 0.05) is 16.6 Å². The van der Waals surface area contributed by atoms with E-state index in [1.807, 2.05) is 6.92 Å². The maximum atomic E-state index is 13.3. The van der Waals surface area contributed by atoms with Gasteiger partial charge in [0.15, 0.2) is 0 Å². The lowest BCUT2D eigenvalue weighted by molar-refractivity contribution is 0.206. The number of nitrogens with zero attached hydrogens (tertiary/aromatic N) is 2. The Morgan fingerprint density at radius 2 is 2.26 bits per heavy atom. The van der Waals surface area contributed by atoms with Crippen molar-refractivity contribution < 1.29 is 9.50 Å². The SMILES string of the molecule is CCCn1ncc(Cl)c1C(O)c1cc(F)ccc1Br. The quantitative estimate of drug-likeness (QED) is 0.910. The van der Waals surface area contributed by atoms with E-state index >= 15 is 0 Å². The third kappa shape index (κ3) is 2.99. The summed E-state index contributed by atoms with van der Waals surface area (Å²) in [5, 5.41) is 14.9. The zero-order chi connectivity index (χ0) is 14.0. The summed E-state index contributed by atoms with van der Waals surface area (Å²) in [5.74, 6) is -0.407. The van der Waals surface area contributed by atoms with Crippen molar-refractivity contribution in [3.05, 3.63) is 51.0 Å². The molecule has 6 heteroatoms. The number of aryl methyl sites for hydroxylation is 1. The van der Waals surface area contributed by atoms with Gasteiger partial charge in [-0.2, -0.15) is 5.10 Å². The largest absolute Gasteiger partial charge is 0.382 e. The van der Waals surface area contributed by atoms with Gasteiger partial charge in [0.25, 0.3) is 0 Å². The molecule has 0 aliphatic carbocycles. The average Bonchev–Trinajstić information content (AvgIpc) is 2.73. The highest BCUT2D eigenvalue weighted by atomic mass is 79.9. The van der Waals surface area contributed by atoms with E-state index in [1.165, 1.54) is 18.3 Å². The summed E-state index contributed by atoms with van der Waals surface area (Å²) in [6.45, 7) is 2.65. The Balaban J connectivity index is 2.46. The van der Waals surface area contributed by atoms with Crippen LogP contribution in [-0.4, -0.2) is 14.9 Å². The molecule has 2 rings (SSSR count). The van der Waals surface area contributed by atoms with E-state index < -0.39 is 11.9 Å². The number of hydrogen-bond acceptors (Lipinski definition) is 2. The molecule has 0 saturated carbocycles. The molecule has 0 fully saturated rings. The number of benzene rings is 1. The Bertz CT molecular complexity index is 588. The summed E-state index contributed by atoms with van der Waals surface area (Å²) in [5.41, 5.74) is 0.912. The minimum Gasteiger partial charge on any atom is -0.382 e. The predicted molar refractivity (Wildman–Crippen MR) is 75.7 cm³/mol. The Morgan fingerprint density at radius 3 is 2.95 bits per heavy atom. The lowest BCUT2D eigenvalue weighted by atomic mass is 10.1. The molecule has 1 heterocycles. The number of aliphatic hydroxyl groups excluding tert-OH is 1. The normalized spacial score (nSPS) is 12.7. The molecule has 1 aromatic heterocycles. The number of aliphatic hydroxyl groups is 1. The Morgan fingerprint density at radius 1 is 1.53 bits per heavy atom. The summed E-state index contributed by atoms with van der Waals surface area (Å²) in [4.78, 5) is 0. The predicted octanol–water partition coefficient (Wildman–Crippen LogP) is 3.93. The van der Waals surface area contributed by atoms with Crippen molar-refractivity contribution >= 4 is 27.5 Å². The molecule has 0 spiro atoms. The molecule has 0 bridgehead atoms. The van der Waals surface area contributed by atoms with Crippen molar-refractivity contribution in [2.45, 2.75) is 26.0 Å². The molecule has 0 saturated heterocycles. The van der Waals surface area contributed by atoms with Gasteiger partial charge in [-0.05, 0) is 24.6 Å². The van der Waals surface area contributed by atoms with Gasteiger partial charge in [-0.3, -0.25) is 4.68 Å². The molecule has 19 heavy (non-hydrogen) atoms. The van der Waals surface area contributed by atoms with E-state index in [-0.39, 0.29) is 0 Å². The highest BCUT2D eigenvalue weighted by Crippen LogP contribution is 2.32. The van der Waals surface area contributed by atoms with E-state index in [1.54, 1.807) is 10.7 Å². The standard InChI is InChI=1S/C13H13BrClFN2O/c1-2-5-18-12(11(15)7-17-18)13(19)9-6-8(16)3-4-10(9)14/h3-4,6-7,13,19H,2,5H2,1H3. The van der Waals surface area contributed by atoms with Crippen molar-refractivity contribution in [3.8, 4) is 0 Å². The first-order chi connectivity index (χ1) is 9.04. The summed E-state index contributed by atoms with van der Waals surface area (Å²) in [6.07, 6.45) is 1.33. The minimum atomic E-state index is -1.02. The van der Waals surface area contributed by atoms with Gasteiger partial charge in [0.05, 0.1) is 16.9 Å². The van der Waals surface area contributed by atoms with Crippen LogP contribution in [0.5, 0.6) is 0 Å². The van der Waals surface area contributed by atoms with Crippen LogP contribution in [0.25, 0.3) is 0 Å². The number of halogens is 3. The topological polar surface area (TPSA) is 38.0 Å². The summed E-state index contributed by atoms with van der Waals surface area (Å²) in [7, 11) is 0. The average molecular weight is 348 g/mol. The summed E-state index contributed by atoms with van der Waals surface area (Å²) >= 11 is 9.37. The molecule has 1 unspecified atom stereocenters. The van der Waals surface area contributed by atoms with Crippen molar-refractivity contribution in [1.29, 1.82) is 0 Å². The molecule has 0 radical (unpaired) electrons. The highest BCUT2D eigenvalue weighted by molar-refractivity contribution is 9.10. The molecule has 1 N–H and O–H groups in total. The highest BCUT2D eigenvalue weighted by Gasteiger charge is 2.22. The van der Waals surface area contributed by atoms with Crippen LogP contribution >= 0.6 is 27.5 Å².